The molecule has 0 aliphatic heterocycles. The zero-order valence-electron chi connectivity index (χ0n) is 11.5. The number of Topliss-reactive ketones (excluding diaryl/α,β-unsaturated/α-hetero) is 2. The summed E-state index contributed by atoms with van der Waals surface area (Å²) in [5, 5.41) is 0. The van der Waals surface area contributed by atoms with Crippen LogP contribution in [-0.2, 0) is 0 Å². The minimum absolute atomic E-state index is 0.202. The van der Waals surface area contributed by atoms with Crippen LogP contribution in [0.15, 0.2) is 48.5 Å². The second kappa shape index (κ2) is 6.61. The molecule has 0 fully saturated rings. The van der Waals surface area contributed by atoms with Gasteiger partial charge >= 0.3 is 0 Å². The average molecular weight is 282 g/mol. The van der Waals surface area contributed by atoms with Crippen molar-refractivity contribution in [3.05, 3.63) is 65.2 Å². The van der Waals surface area contributed by atoms with E-state index >= 15 is 0 Å². The third-order valence-corrected chi connectivity index (χ3v) is 3.10. The van der Waals surface area contributed by atoms with Gasteiger partial charge in [0.1, 0.15) is 12.0 Å². The Morgan fingerprint density at radius 1 is 0.905 bits per heavy atom. The number of hydrogen-bond donors (Lipinski definition) is 0. The number of methoxy groups -OCH3 is 1. The van der Waals surface area contributed by atoms with Gasteiger partial charge in [0.2, 0.25) is 0 Å². The molecule has 0 atom stereocenters. The van der Waals surface area contributed by atoms with E-state index in [2.05, 4.69) is 0 Å². The van der Waals surface area contributed by atoms with Gasteiger partial charge in [0.05, 0.1) is 13.5 Å². The fourth-order valence-corrected chi connectivity index (χ4v) is 1.87. The van der Waals surface area contributed by atoms with Crippen LogP contribution in [-0.4, -0.2) is 25.0 Å². The molecule has 2 aromatic carbocycles. The Morgan fingerprint density at radius 2 is 1.38 bits per heavy atom. The van der Waals surface area contributed by atoms with Crippen molar-refractivity contribution in [2.75, 3.05) is 7.11 Å². The van der Waals surface area contributed by atoms with E-state index < -0.39 is 0 Å². The summed E-state index contributed by atoms with van der Waals surface area (Å²) < 4.78 is 5.01. The Labute approximate surface area is 122 Å². The maximum absolute atomic E-state index is 12.0. The average Bonchev–Trinajstić information content (AvgIpc) is 2.55. The van der Waals surface area contributed by atoms with Crippen LogP contribution in [0.1, 0.15) is 37.5 Å². The molecule has 21 heavy (non-hydrogen) atoms. The topological polar surface area (TPSA) is 60.4 Å². The van der Waals surface area contributed by atoms with Crippen LogP contribution in [0, 0.1) is 0 Å². The quantitative estimate of drug-likeness (QED) is 0.464. The third-order valence-electron chi connectivity index (χ3n) is 3.10. The summed E-state index contributed by atoms with van der Waals surface area (Å²) in [5.41, 5.74) is 1.38. The summed E-state index contributed by atoms with van der Waals surface area (Å²) >= 11 is 0. The molecule has 0 heterocycles. The van der Waals surface area contributed by atoms with Crippen molar-refractivity contribution in [3.8, 4) is 5.75 Å². The summed E-state index contributed by atoms with van der Waals surface area (Å²) in [4.78, 5) is 34.6. The smallest absolute Gasteiger partial charge is 0.170 e. The number of carbonyl (C=O) groups is 3. The zero-order valence-corrected chi connectivity index (χ0v) is 11.5. The van der Waals surface area contributed by atoms with Gasteiger partial charge in [-0.25, -0.2) is 0 Å². The first kappa shape index (κ1) is 14.7. The molecule has 0 aliphatic rings. The highest BCUT2D eigenvalue weighted by Crippen LogP contribution is 2.14. The van der Waals surface area contributed by atoms with Crippen molar-refractivity contribution in [1.29, 1.82) is 0 Å². The zero-order chi connectivity index (χ0) is 15.2. The van der Waals surface area contributed by atoms with Crippen molar-refractivity contribution in [2.24, 2.45) is 0 Å². The van der Waals surface area contributed by atoms with E-state index in [4.69, 9.17) is 4.74 Å². The highest BCUT2D eigenvalue weighted by atomic mass is 16.5. The van der Waals surface area contributed by atoms with E-state index in [-0.39, 0.29) is 18.0 Å². The SMILES string of the molecule is COc1ccc(C(=O)CC(=O)c2ccc(C=O)cc2)cc1. The number of hydrogen-bond acceptors (Lipinski definition) is 4. The van der Waals surface area contributed by atoms with Crippen LogP contribution in [0.2, 0.25) is 0 Å². The number of carbonyl (C=O) groups excluding carboxylic acids is 3. The van der Waals surface area contributed by atoms with Crippen LogP contribution in [0.3, 0.4) is 0 Å². The highest BCUT2D eigenvalue weighted by Gasteiger charge is 2.13. The molecule has 2 aromatic rings. The standard InChI is InChI=1S/C17H14O4/c1-21-15-8-6-14(7-9-15)17(20)10-16(19)13-4-2-12(11-18)3-5-13/h2-9,11H,10H2,1H3. The Morgan fingerprint density at radius 3 is 1.81 bits per heavy atom. The maximum Gasteiger partial charge on any atom is 0.170 e. The molecule has 4 heteroatoms. The Balaban J connectivity index is 2.06. The Kier molecular flexibility index (Phi) is 4.61. The molecule has 0 bridgehead atoms. The van der Waals surface area contributed by atoms with Crippen molar-refractivity contribution < 1.29 is 19.1 Å². The molecule has 4 nitrogen and oxygen atoms in total. The van der Waals surface area contributed by atoms with Crippen LogP contribution < -0.4 is 4.74 Å². The van der Waals surface area contributed by atoms with Gasteiger partial charge < -0.3 is 4.74 Å². The maximum atomic E-state index is 12.0. The highest BCUT2D eigenvalue weighted by molar-refractivity contribution is 6.13. The van der Waals surface area contributed by atoms with Crippen LogP contribution in [0.4, 0.5) is 0 Å². The number of aldehydes is 1. The van der Waals surface area contributed by atoms with Crippen molar-refractivity contribution in [3.63, 3.8) is 0 Å². The van der Waals surface area contributed by atoms with E-state index in [9.17, 15) is 14.4 Å². The summed E-state index contributed by atoms with van der Waals surface area (Å²) in [6.07, 6.45) is 0.504. The minimum atomic E-state index is -0.270. The molecule has 0 N–H and O–H groups in total. The predicted octanol–water partition coefficient (Wildman–Crippen LogP) is 2.96. The van der Waals surface area contributed by atoms with E-state index in [0.29, 0.717) is 28.7 Å². The molecule has 0 radical (unpaired) electrons. The van der Waals surface area contributed by atoms with E-state index in [0.717, 1.165) is 0 Å². The van der Waals surface area contributed by atoms with Crippen molar-refractivity contribution >= 4 is 17.9 Å². The van der Waals surface area contributed by atoms with E-state index in [1.165, 1.54) is 0 Å². The van der Waals surface area contributed by atoms with Crippen LogP contribution >= 0.6 is 0 Å². The molecule has 0 saturated heterocycles. The van der Waals surface area contributed by atoms with Gasteiger partial charge in [0, 0.05) is 16.7 Å². The molecule has 2 rings (SSSR count). The Hall–Kier alpha value is -2.75. The number of rotatable bonds is 6. The van der Waals surface area contributed by atoms with Gasteiger partial charge in [0.25, 0.3) is 0 Å². The Bertz CT molecular complexity index is 654. The van der Waals surface area contributed by atoms with Gasteiger partial charge in [-0.2, -0.15) is 0 Å². The lowest BCUT2D eigenvalue weighted by Crippen LogP contribution is -2.08. The number of ether oxygens (including phenoxy) is 1. The van der Waals surface area contributed by atoms with Crippen LogP contribution in [0.25, 0.3) is 0 Å². The molecule has 0 aliphatic carbocycles. The lowest BCUT2D eigenvalue weighted by atomic mass is 10.0. The minimum Gasteiger partial charge on any atom is -0.497 e. The van der Waals surface area contributed by atoms with Crippen molar-refractivity contribution in [1.82, 2.24) is 0 Å². The number of ketones is 2. The summed E-state index contributed by atoms with van der Waals surface area (Å²) in [6, 6.07) is 12.8. The van der Waals surface area contributed by atoms with E-state index in [1.807, 2.05) is 0 Å². The van der Waals surface area contributed by atoms with E-state index in [1.54, 1.807) is 55.6 Å². The molecule has 0 unspecified atom stereocenters. The monoisotopic (exact) mass is 282 g/mol. The molecule has 0 aromatic heterocycles. The van der Waals surface area contributed by atoms with Gasteiger partial charge in [-0.1, -0.05) is 24.3 Å². The second-order valence-corrected chi connectivity index (χ2v) is 4.49. The first-order valence-corrected chi connectivity index (χ1v) is 6.39. The first-order valence-electron chi connectivity index (χ1n) is 6.39. The van der Waals surface area contributed by atoms with Crippen LogP contribution in [0.5, 0.6) is 5.75 Å². The molecule has 106 valence electrons. The molecule has 0 amide bonds. The summed E-state index contributed by atoms with van der Waals surface area (Å²) in [7, 11) is 1.54. The third kappa shape index (κ3) is 3.63. The predicted molar refractivity (Wildman–Crippen MR) is 78.1 cm³/mol. The molecular weight excluding hydrogens is 268 g/mol. The fraction of sp³-hybridized carbons (Fsp3) is 0.118. The lowest BCUT2D eigenvalue weighted by Gasteiger charge is -2.03. The summed E-state index contributed by atoms with van der Waals surface area (Å²) in [5.74, 6) is 0.137. The van der Waals surface area contributed by atoms with Gasteiger partial charge in [-0.15, -0.1) is 0 Å². The fourth-order valence-electron chi connectivity index (χ4n) is 1.87. The first-order chi connectivity index (χ1) is 10.1. The second-order valence-electron chi connectivity index (χ2n) is 4.49. The largest absolute Gasteiger partial charge is 0.497 e. The lowest BCUT2D eigenvalue weighted by molar-refractivity contribution is 0.0893. The van der Waals surface area contributed by atoms with Gasteiger partial charge in [-0.3, -0.25) is 14.4 Å². The number of benzene rings is 2. The van der Waals surface area contributed by atoms with Gasteiger partial charge in [-0.05, 0) is 24.3 Å². The normalized spacial score (nSPS) is 9.95. The summed E-state index contributed by atoms with van der Waals surface area (Å²) in [6.45, 7) is 0. The van der Waals surface area contributed by atoms with Crippen molar-refractivity contribution in [2.45, 2.75) is 6.42 Å². The molecule has 0 spiro atoms. The molecule has 0 saturated carbocycles. The van der Waals surface area contributed by atoms with Gasteiger partial charge in [0.15, 0.2) is 11.6 Å². The molecular formula is C17H14O4.